The van der Waals surface area contributed by atoms with Crippen LogP contribution in [0.3, 0.4) is 0 Å². The molecular formula is C16H28N4O2. The summed E-state index contributed by atoms with van der Waals surface area (Å²) in [4.78, 5) is 14.1. The molecule has 2 heterocycles. The van der Waals surface area contributed by atoms with Crippen LogP contribution in [0.4, 0.5) is 4.79 Å². The molecule has 1 saturated heterocycles. The molecule has 6 nitrogen and oxygen atoms in total. The first-order valence-corrected chi connectivity index (χ1v) is 8.07. The summed E-state index contributed by atoms with van der Waals surface area (Å²) < 4.78 is 7.41. The summed E-state index contributed by atoms with van der Waals surface area (Å²) in [5.41, 5.74) is -0.447. The number of carbonyl (C=O) groups is 1. The highest BCUT2D eigenvalue weighted by atomic mass is 16.6. The van der Waals surface area contributed by atoms with Crippen LogP contribution in [0.15, 0.2) is 18.5 Å². The molecule has 0 spiro atoms. The quantitative estimate of drug-likeness (QED) is 0.927. The molecule has 2 rings (SSSR count). The molecule has 0 aromatic carbocycles. The lowest BCUT2D eigenvalue weighted by Crippen LogP contribution is -2.55. The van der Waals surface area contributed by atoms with E-state index in [-0.39, 0.29) is 12.1 Å². The van der Waals surface area contributed by atoms with Gasteiger partial charge in [0.25, 0.3) is 0 Å². The van der Waals surface area contributed by atoms with E-state index >= 15 is 0 Å². The summed E-state index contributed by atoms with van der Waals surface area (Å²) in [5.74, 6) is 0. The molecule has 2 atom stereocenters. The third-order valence-corrected chi connectivity index (χ3v) is 3.92. The third-order valence-electron chi connectivity index (χ3n) is 3.92. The van der Waals surface area contributed by atoms with Crippen LogP contribution in [0.2, 0.25) is 0 Å². The van der Waals surface area contributed by atoms with E-state index in [1.54, 1.807) is 6.20 Å². The average molecular weight is 308 g/mol. The Kier molecular flexibility index (Phi) is 5.45. The fourth-order valence-electron chi connectivity index (χ4n) is 2.79. The number of hydrogen-bond acceptors (Lipinski definition) is 4. The average Bonchev–Trinajstić information content (AvgIpc) is 2.92. The van der Waals surface area contributed by atoms with Crippen LogP contribution in [-0.4, -0.2) is 51.5 Å². The number of ether oxygens (including phenoxy) is 1. The Labute approximate surface area is 132 Å². The van der Waals surface area contributed by atoms with Crippen molar-refractivity contribution in [2.45, 2.75) is 64.8 Å². The van der Waals surface area contributed by atoms with Crippen LogP contribution in [0.5, 0.6) is 0 Å². The van der Waals surface area contributed by atoms with E-state index in [0.717, 1.165) is 32.5 Å². The van der Waals surface area contributed by atoms with Gasteiger partial charge in [-0.05, 0) is 46.6 Å². The second-order valence-electron chi connectivity index (χ2n) is 6.89. The number of aromatic nitrogens is 2. The van der Waals surface area contributed by atoms with Crippen molar-refractivity contribution in [3.63, 3.8) is 0 Å². The van der Waals surface area contributed by atoms with E-state index in [9.17, 15) is 4.79 Å². The van der Waals surface area contributed by atoms with Gasteiger partial charge in [0.15, 0.2) is 0 Å². The second kappa shape index (κ2) is 7.13. The fourth-order valence-corrected chi connectivity index (χ4v) is 2.79. The fraction of sp³-hybridized carbons (Fsp3) is 0.750. The zero-order valence-corrected chi connectivity index (χ0v) is 14.1. The first-order chi connectivity index (χ1) is 10.4. The molecular weight excluding hydrogens is 280 g/mol. The highest BCUT2D eigenvalue weighted by Gasteiger charge is 2.33. The van der Waals surface area contributed by atoms with Gasteiger partial charge in [-0.25, -0.2) is 4.79 Å². The van der Waals surface area contributed by atoms with Gasteiger partial charge in [-0.1, -0.05) is 0 Å². The standard InChI is InChI=1S/C16H28N4O2/c1-13-14(17-9-12-19-10-6-8-18-19)7-5-11-20(13)15(21)22-16(2,3)4/h6,8,10,13-14,17H,5,7,9,11-12H2,1-4H3. The lowest BCUT2D eigenvalue weighted by Gasteiger charge is -2.40. The molecule has 0 radical (unpaired) electrons. The monoisotopic (exact) mass is 308 g/mol. The van der Waals surface area contributed by atoms with E-state index in [1.165, 1.54) is 0 Å². The molecule has 0 bridgehead atoms. The molecule has 1 N–H and O–H groups in total. The van der Waals surface area contributed by atoms with E-state index in [1.807, 2.05) is 42.6 Å². The van der Waals surface area contributed by atoms with Crippen molar-refractivity contribution in [3.8, 4) is 0 Å². The van der Waals surface area contributed by atoms with E-state index in [0.29, 0.717) is 6.04 Å². The Morgan fingerprint density at radius 3 is 2.86 bits per heavy atom. The van der Waals surface area contributed by atoms with Crippen molar-refractivity contribution in [1.29, 1.82) is 0 Å². The number of nitrogens with one attached hydrogen (secondary N) is 1. The van der Waals surface area contributed by atoms with Crippen molar-refractivity contribution in [1.82, 2.24) is 20.0 Å². The number of hydrogen-bond donors (Lipinski definition) is 1. The molecule has 0 aliphatic carbocycles. The zero-order chi connectivity index (χ0) is 16.2. The molecule has 1 aromatic heterocycles. The summed E-state index contributed by atoms with van der Waals surface area (Å²) >= 11 is 0. The molecule has 6 heteroatoms. The molecule has 0 saturated carbocycles. The Morgan fingerprint density at radius 2 is 2.23 bits per heavy atom. The molecule has 22 heavy (non-hydrogen) atoms. The Balaban J connectivity index is 1.83. The maximum atomic E-state index is 12.3. The SMILES string of the molecule is CC1C(NCCn2cccn2)CCCN1C(=O)OC(C)(C)C. The van der Waals surface area contributed by atoms with Gasteiger partial charge < -0.3 is 15.0 Å². The number of amides is 1. The molecule has 2 unspecified atom stereocenters. The van der Waals surface area contributed by atoms with E-state index in [2.05, 4.69) is 17.3 Å². The minimum Gasteiger partial charge on any atom is -0.444 e. The first-order valence-electron chi connectivity index (χ1n) is 8.07. The minimum absolute atomic E-state index is 0.140. The highest BCUT2D eigenvalue weighted by Crippen LogP contribution is 2.20. The Bertz CT molecular complexity index is 467. The van der Waals surface area contributed by atoms with E-state index < -0.39 is 5.60 Å². The molecule has 1 fully saturated rings. The van der Waals surface area contributed by atoms with Crippen LogP contribution in [0, 0.1) is 0 Å². The van der Waals surface area contributed by atoms with Crippen molar-refractivity contribution in [2.75, 3.05) is 13.1 Å². The van der Waals surface area contributed by atoms with Crippen molar-refractivity contribution >= 4 is 6.09 Å². The van der Waals surface area contributed by atoms with Crippen LogP contribution >= 0.6 is 0 Å². The van der Waals surface area contributed by atoms with Gasteiger partial charge in [-0.15, -0.1) is 0 Å². The molecule has 1 aromatic rings. The molecule has 124 valence electrons. The highest BCUT2D eigenvalue weighted by molar-refractivity contribution is 5.68. The second-order valence-corrected chi connectivity index (χ2v) is 6.89. The lowest BCUT2D eigenvalue weighted by molar-refractivity contribution is 0.00705. The van der Waals surface area contributed by atoms with Gasteiger partial charge in [-0.3, -0.25) is 4.68 Å². The summed E-state index contributed by atoms with van der Waals surface area (Å²) in [7, 11) is 0. The van der Waals surface area contributed by atoms with Gasteiger partial charge in [0.1, 0.15) is 5.60 Å². The smallest absolute Gasteiger partial charge is 0.410 e. The number of rotatable bonds is 4. The first kappa shape index (κ1) is 16.8. The topological polar surface area (TPSA) is 59.4 Å². The Hall–Kier alpha value is -1.56. The van der Waals surface area contributed by atoms with Crippen LogP contribution < -0.4 is 5.32 Å². The molecule has 1 amide bonds. The van der Waals surface area contributed by atoms with Crippen LogP contribution in [0.1, 0.15) is 40.5 Å². The van der Waals surface area contributed by atoms with Gasteiger partial charge >= 0.3 is 6.09 Å². The van der Waals surface area contributed by atoms with Crippen molar-refractivity contribution < 1.29 is 9.53 Å². The van der Waals surface area contributed by atoms with Gasteiger partial charge in [0.2, 0.25) is 0 Å². The zero-order valence-electron chi connectivity index (χ0n) is 14.1. The maximum Gasteiger partial charge on any atom is 0.410 e. The van der Waals surface area contributed by atoms with Gasteiger partial charge in [-0.2, -0.15) is 5.10 Å². The number of piperidine rings is 1. The molecule has 1 aliphatic heterocycles. The predicted octanol–water partition coefficient (Wildman–Crippen LogP) is 2.26. The minimum atomic E-state index is -0.447. The normalized spacial score (nSPS) is 22.6. The number of likely N-dealkylation sites (tertiary alicyclic amines) is 1. The van der Waals surface area contributed by atoms with Crippen LogP contribution in [-0.2, 0) is 11.3 Å². The third kappa shape index (κ3) is 4.73. The number of nitrogens with zero attached hydrogens (tertiary/aromatic N) is 3. The predicted molar refractivity (Wildman–Crippen MR) is 85.7 cm³/mol. The van der Waals surface area contributed by atoms with Crippen LogP contribution in [0.25, 0.3) is 0 Å². The van der Waals surface area contributed by atoms with Gasteiger partial charge in [0, 0.05) is 37.6 Å². The number of carbonyl (C=O) groups excluding carboxylic acids is 1. The van der Waals surface area contributed by atoms with Crippen molar-refractivity contribution in [3.05, 3.63) is 18.5 Å². The summed E-state index contributed by atoms with van der Waals surface area (Å²) in [6.45, 7) is 10.3. The lowest BCUT2D eigenvalue weighted by atomic mass is 9.98. The summed E-state index contributed by atoms with van der Waals surface area (Å²) in [5, 5.41) is 7.74. The Morgan fingerprint density at radius 1 is 1.45 bits per heavy atom. The summed E-state index contributed by atoms with van der Waals surface area (Å²) in [6.07, 6.45) is 5.62. The summed E-state index contributed by atoms with van der Waals surface area (Å²) in [6, 6.07) is 2.37. The largest absolute Gasteiger partial charge is 0.444 e. The maximum absolute atomic E-state index is 12.3. The van der Waals surface area contributed by atoms with E-state index in [4.69, 9.17) is 4.74 Å². The van der Waals surface area contributed by atoms with Crippen molar-refractivity contribution in [2.24, 2.45) is 0 Å². The molecule has 1 aliphatic rings. The van der Waals surface area contributed by atoms with Gasteiger partial charge in [0.05, 0.1) is 6.54 Å².